The maximum atomic E-state index is 12.8. The van der Waals surface area contributed by atoms with Crippen LogP contribution in [0.4, 0.5) is 0 Å². The highest BCUT2D eigenvalue weighted by molar-refractivity contribution is 7.16. The molecule has 0 atom stereocenters. The van der Waals surface area contributed by atoms with Crippen LogP contribution in [0.5, 0.6) is 5.75 Å². The van der Waals surface area contributed by atoms with E-state index in [0.29, 0.717) is 34.9 Å². The van der Waals surface area contributed by atoms with Crippen LogP contribution in [0.3, 0.4) is 0 Å². The number of furan rings is 1. The molecule has 2 aromatic carbocycles. The molecule has 4 aromatic rings. The number of fused-ring (bicyclic) bond motifs is 2. The van der Waals surface area contributed by atoms with Crippen molar-refractivity contribution in [1.29, 1.82) is 0 Å². The van der Waals surface area contributed by atoms with Crippen molar-refractivity contribution >= 4 is 44.4 Å². The number of esters is 1. The predicted octanol–water partition coefficient (Wildman–Crippen LogP) is 4.30. The van der Waals surface area contributed by atoms with Crippen LogP contribution in [0, 0.1) is 0 Å². The zero-order chi connectivity index (χ0) is 21.3. The molecule has 0 aliphatic rings. The number of carbonyl (C=O) groups excluding carboxylic acids is 2. The number of hydrogen-bond acceptors (Lipinski definition) is 6. The molecule has 0 saturated carbocycles. The molecule has 8 heteroatoms. The minimum atomic E-state index is -0.485. The van der Waals surface area contributed by atoms with Gasteiger partial charge in [0.05, 0.1) is 29.0 Å². The molecule has 4 rings (SSSR count). The summed E-state index contributed by atoms with van der Waals surface area (Å²) < 4.78 is 19.0. The van der Waals surface area contributed by atoms with Crippen LogP contribution in [0.15, 0.2) is 51.9 Å². The Hall–Kier alpha value is -3.39. The van der Waals surface area contributed by atoms with Crippen molar-refractivity contribution in [3.05, 3.63) is 58.6 Å². The van der Waals surface area contributed by atoms with Crippen LogP contribution >= 0.6 is 11.3 Å². The summed E-state index contributed by atoms with van der Waals surface area (Å²) >= 11 is 1.32. The topological polar surface area (TPSA) is 83.0 Å². The molecule has 154 valence electrons. The Balaban J connectivity index is 1.73. The molecule has 7 nitrogen and oxygen atoms in total. The van der Waals surface area contributed by atoms with Crippen molar-refractivity contribution in [3.63, 3.8) is 0 Å². The maximum absolute atomic E-state index is 12.8. The summed E-state index contributed by atoms with van der Waals surface area (Å²) in [5.74, 6) is -0.131. The first-order chi connectivity index (χ1) is 14.5. The zero-order valence-electron chi connectivity index (χ0n) is 16.8. The lowest BCUT2D eigenvalue weighted by atomic mass is 10.2. The standard InChI is InChI=1S/C22H20N2O5S/c1-4-27-16-8-6-7-13-11-17(29-19(13)16)20(25)23-22-24(3)15-10-9-14(12-18(15)30-22)21(26)28-5-2/h6-12H,4-5H2,1-3H3. The first-order valence-electron chi connectivity index (χ1n) is 9.53. The van der Waals surface area contributed by atoms with Gasteiger partial charge < -0.3 is 18.5 Å². The van der Waals surface area contributed by atoms with Crippen LogP contribution in [-0.2, 0) is 11.8 Å². The average molecular weight is 424 g/mol. The van der Waals surface area contributed by atoms with Gasteiger partial charge in [-0.15, -0.1) is 0 Å². The molecule has 1 amide bonds. The van der Waals surface area contributed by atoms with Crippen molar-refractivity contribution in [3.8, 4) is 5.75 Å². The lowest BCUT2D eigenvalue weighted by Crippen LogP contribution is -2.13. The van der Waals surface area contributed by atoms with Gasteiger partial charge in [0.15, 0.2) is 21.9 Å². The number of para-hydroxylation sites is 1. The highest BCUT2D eigenvalue weighted by Crippen LogP contribution is 2.29. The van der Waals surface area contributed by atoms with Crippen molar-refractivity contribution in [2.75, 3.05) is 13.2 Å². The number of amides is 1. The van der Waals surface area contributed by atoms with Gasteiger partial charge in [0.2, 0.25) is 0 Å². The third-order valence-electron chi connectivity index (χ3n) is 4.54. The third kappa shape index (κ3) is 3.61. The van der Waals surface area contributed by atoms with E-state index in [1.54, 1.807) is 35.8 Å². The molecule has 0 aliphatic carbocycles. The summed E-state index contributed by atoms with van der Waals surface area (Å²) in [6.07, 6.45) is 0. The van der Waals surface area contributed by atoms with Crippen LogP contribution in [-0.4, -0.2) is 29.7 Å². The minimum Gasteiger partial charge on any atom is -0.490 e. The average Bonchev–Trinajstić information content (AvgIpc) is 3.30. The Morgan fingerprint density at radius 2 is 1.97 bits per heavy atom. The number of nitrogens with zero attached hydrogens (tertiary/aromatic N) is 2. The second-order valence-corrected chi connectivity index (χ2v) is 7.49. The lowest BCUT2D eigenvalue weighted by Gasteiger charge is -2.02. The van der Waals surface area contributed by atoms with Gasteiger partial charge in [-0.3, -0.25) is 4.79 Å². The number of thiazole rings is 1. The van der Waals surface area contributed by atoms with Gasteiger partial charge in [-0.1, -0.05) is 23.5 Å². The molecule has 0 bridgehead atoms. The number of ether oxygens (including phenoxy) is 2. The van der Waals surface area contributed by atoms with Gasteiger partial charge in [-0.25, -0.2) is 4.79 Å². The van der Waals surface area contributed by atoms with Crippen LogP contribution < -0.4 is 9.54 Å². The fourth-order valence-corrected chi connectivity index (χ4v) is 4.19. The molecule has 2 heterocycles. The Morgan fingerprint density at radius 3 is 2.73 bits per heavy atom. The lowest BCUT2D eigenvalue weighted by molar-refractivity contribution is 0.0526. The first kappa shape index (κ1) is 19.9. The number of benzene rings is 2. The molecular weight excluding hydrogens is 404 g/mol. The molecule has 30 heavy (non-hydrogen) atoms. The molecular formula is C22H20N2O5S. The largest absolute Gasteiger partial charge is 0.490 e. The Labute approximate surface area is 176 Å². The highest BCUT2D eigenvalue weighted by Gasteiger charge is 2.16. The van der Waals surface area contributed by atoms with E-state index in [4.69, 9.17) is 13.9 Å². The van der Waals surface area contributed by atoms with E-state index in [0.717, 1.165) is 15.6 Å². The zero-order valence-corrected chi connectivity index (χ0v) is 17.6. The number of hydrogen-bond donors (Lipinski definition) is 0. The van der Waals surface area contributed by atoms with Gasteiger partial charge >= 0.3 is 11.9 Å². The fraction of sp³-hybridized carbons (Fsp3) is 0.227. The Bertz CT molecular complexity index is 1330. The van der Waals surface area contributed by atoms with E-state index in [1.165, 1.54) is 11.3 Å². The van der Waals surface area contributed by atoms with E-state index >= 15 is 0 Å². The molecule has 0 radical (unpaired) electrons. The van der Waals surface area contributed by atoms with E-state index in [2.05, 4.69) is 4.99 Å². The molecule has 0 unspecified atom stereocenters. The second kappa shape index (κ2) is 8.16. The molecule has 0 spiro atoms. The van der Waals surface area contributed by atoms with E-state index in [1.807, 2.05) is 32.2 Å². The number of carbonyl (C=O) groups is 2. The SMILES string of the molecule is CCOC(=O)c1ccc2c(c1)sc(=NC(=O)c1cc3cccc(OCC)c3o1)n2C. The maximum Gasteiger partial charge on any atom is 0.338 e. The Kier molecular flexibility index (Phi) is 5.41. The summed E-state index contributed by atoms with van der Waals surface area (Å²) in [4.78, 5) is 29.5. The highest BCUT2D eigenvalue weighted by atomic mass is 32.1. The van der Waals surface area contributed by atoms with Gasteiger partial charge in [-0.2, -0.15) is 4.99 Å². The Morgan fingerprint density at radius 1 is 1.13 bits per heavy atom. The van der Waals surface area contributed by atoms with Crippen molar-refractivity contribution < 1.29 is 23.5 Å². The molecule has 0 saturated heterocycles. The van der Waals surface area contributed by atoms with Gasteiger partial charge in [0.25, 0.3) is 0 Å². The summed E-state index contributed by atoms with van der Waals surface area (Å²) in [6.45, 7) is 4.46. The van der Waals surface area contributed by atoms with E-state index in [9.17, 15) is 9.59 Å². The minimum absolute atomic E-state index is 0.141. The molecule has 0 fully saturated rings. The van der Waals surface area contributed by atoms with Crippen molar-refractivity contribution in [1.82, 2.24) is 4.57 Å². The van der Waals surface area contributed by atoms with Gasteiger partial charge in [0.1, 0.15) is 0 Å². The predicted molar refractivity (Wildman–Crippen MR) is 114 cm³/mol. The van der Waals surface area contributed by atoms with Crippen LogP contribution in [0.1, 0.15) is 34.8 Å². The third-order valence-corrected chi connectivity index (χ3v) is 5.63. The summed E-state index contributed by atoms with van der Waals surface area (Å²) in [5, 5.41) is 0.777. The summed E-state index contributed by atoms with van der Waals surface area (Å²) in [7, 11) is 1.82. The number of aromatic nitrogens is 1. The smallest absolute Gasteiger partial charge is 0.338 e. The van der Waals surface area contributed by atoms with Crippen LogP contribution in [0.2, 0.25) is 0 Å². The quantitative estimate of drug-likeness (QED) is 0.446. The van der Waals surface area contributed by atoms with Crippen molar-refractivity contribution in [2.45, 2.75) is 13.8 Å². The molecule has 0 aliphatic heterocycles. The first-order valence-corrected chi connectivity index (χ1v) is 10.3. The summed E-state index contributed by atoms with van der Waals surface area (Å²) in [5.41, 5.74) is 1.85. The number of rotatable bonds is 5. The van der Waals surface area contributed by atoms with E-state index in [-0.39, 0.29) is 11.7 Å². The van der Waals surface area contributed by atoms with Gasteiger partial charge in [0, 0.05) is 12.4 Å². The summed E-state index contributed by atoms with van der Waals surface area (Å²) in [6, 6.07) is 12.4. The fourth-order valence-electron chi connectivity index (χ4n) is 3.13. The number of aryl methyl sites for hydroxylation is 1. The van der Waals surface area contributed by atoms with Crippen LogP contribution in [0.25, 0.3) is 21.2 Å². The monoisotopic (exact) mass is 424 g/mol. The molecule has 0 N–H and O–H groups in total. The van der Waals surface area contributed by atoms with Gasteiger partial charge in [-0.05, 0) is 44.2 Å². The van der Waals surface area contributed by atoms with Crippen molar-refractivity contribution in [2.24, 2.45) is 12.0 Å². The molecule has 2 aromatic heterocycles. The second-order valence-electron chi connectivity index (χ2n) is 6.48. The van der Waals surface area contributed by atoms with E-state index < -0.39 is 5.91 Å². The normalized spacial score (nSPS) is 11.9.